The minimum absolute atomic E-state index is 0.0600. The average Bonchev–Trinajstić information content (AvgIpc) is 3.16. The third-order valence-corrected chi connectivity index (χ3v) is 4.26. The van der Waals surface area contributed by atoms with Crippen molar-refractivity contribution < 1.29 is 13.6 Å². The van der Waals surface area contributed by atoms with E-state index in [2.05, 4.69) is 15.4 Å². The first-order valence-corrected chi connectivity index (χ1v) is 8.86. The molecule has 4 rings (SSSR count). The molecule has 144 valence electrons. The zero-order chi connectivity index (χ0) is 20.4. The predicted molar refractivity (Wildman–Crippen MR) is 106 cm³/mol. The van der Waals surface area contributed by atoms with E-state index >= 15 is 0 Å². The van der Waals surface area contributed by atoms with Gasteiger partial charge in [0.25, 0.3) is 5.91 Å². The molecule has 29 heavy (non-hydrogen) atoms. The number of anilines is 1. The van der Waals surface area contributed by atoms with E-state index in [1.54, 1.807) is 12.1 Å². The van der Waals surface area contributed by atoms with Gasteiger partial charge in [0.1, 0.15) is 11.6 Å². The first-order valence-electron chi connectivity index (χ1n) is 8.86. The highest BCUT2D eigenvalue weighted by molar-refractivity contribution is 6.01. The molecule has 5 nitrogen and oxygen atoms in total. The number of aromatic nitrogens is 3. The Hall–Kier alpha value is -3.87. The molecule has 3 aromatic carbocycles. The Bertz CT molecular complexity index is 1170. The number of benzene rings is 3. The van der Waals surface area contributed by atoms with Crippen molar-refractivity contribution in [1.82, 2.24) is 14.8 Å². The minimum Gasteiger partial charge on any atom is -0.319 e. The lowest BCUT2D eigenvalue weighted by molar-refractivity contribution is 0.101. The Morgan fingerprint density at radius 2 is 1.59 bits per heavy atom. The molecule has 0 spiro atoms. The second-order valence-electron chi connectivity index (χ2n) is 6.48. The summed E-state index contributed by atoms with van der Waals surface area (Å²) >= 11 is 0. The lowest BCUT2D eigenvalue weighted by atomic mass is 10.1. The molecule has 0 bridgehead atoms. The van der Waals surface area contributed by atoms with Crippen LogP contribution in [0.15, 0.2) is 72.8 Å². The molecule has 0 atom stereocenters. The van der Waals surface area contributed by atoms with E-state index in [-0.39, 0.29) is 11.6 Å². The maximum Gasteiger partial charge on any atom is 0.295 e. The molecule has 0 saturated carbocycles. The third-order valence-electron chi connectivity index (χ3n) is 4.26. The fourth-order valence-electron chi connectivity index (χ4n) is 2.86. The summed E-state index contributed by atoms with van der Waals surface area (Å²) in [4.78, 5) is 17.1. The van der Waals surface area contributed by atoms with Crippen LogP contribution in [0.25, 0.3) is 17.1 Å². The number of nitrogens with zero attached hydrogens (tertiary/aromatic N) is 3. The van der Waals surface area contributed by atoms with Crippen LogP contribution in [-0.4, -0.2) is 20.7 Å². The fourth-order valence-corrected chi connectivity index (χ4v) is 2.86. The first-order chi connectivity index (χ1) is 14.0. The van der Waals surface area contributed by atoms with Crippen molar-refractivity contribution in [1.29, 1.82) is 0 Å². The number of carbonyl (C=O) groups is 1. The van der Waals surface area contributed by atoms with Gasteiger partial charge in [-0.1, -0.05) is 23.8 Å². The Balaban J connectivity index is 1.75. The minimum atomic E-state index is -0.536. The van der Waals surface area contributed by atoms with E-state index in [0.29, 0.717) is 17.2 Å². The Labute approximate surface area is 165 Å². The predicted octanol–water partition coefficient (Wildman–Crippen LogP) is 4.77. The van der Waals surface area contributed by atoms with Crippen molar-refractivity contribution in [3.63, 3.8) is 0 Å². The van der Waals surface area contributed by atoms with E-state index in [1.807, 2.05) is 31.2 Å². The molecule has 1 amide bonds. The monoisotopic (exact) mass is 390 g/mol. The second kappa shape index (κ2) is 7.63. The van der Waals surface area contributed by atoms with Crippen LogP contribution < -0.4 is 5.32 Å². The standard InChI is InChI=1S/C22H16F2N4O/c1-14-3-2-4-15(13-14)21-26-20(22(29)25-18-9-5-16(23)6-10-18)27-28(21)19-11-7-17(24)8-12-19/h2-13H,1H3,(H,25,29). The van der Waals surface area contributed by atoms with Gasteiger partial charge in [0.05, 0.1) is 5.69 Å². The van der Waals surface area contributed by atoms with E-state index < -0.39 is 11.7 Å². The van der Waals surface area contributed by atoms with Crippen molar-refractivity contribution in [3.8, 4) is 17.1 Å². The van der Waals surface area contributed by atoms with Crippen LogP contribution in [-0.2, 0) is 0 Å². The zero-order valence-corrected chi connectivity index (χ0v) is 15.4. The average molecular weight is 390 g/mol. The number of halogens is 2. The molecular formula is C22H16F2N4O. The molecular weight excluding hydrogens is 374 g/mol. The molecule has 0 aliphatic carbocycles. The molecule has 0 saturated heterocycles. The molecule has 0 unspecified atom stereocenters. The summed E-state index contributed by atoms with van der Waals surface area (Å²) in [6, 6.07) is 18.8. The van der Waals surface area contributed by atoms with E-state index in [9.17, 15) is 13.6 Å². The topological polar surface area (TPSA) is 59.8 Å². The second-order valence-corrected chi connectivity index (χ2v) is 6.48. The van der Waals surface area contributed by atoms with Crippen LogP contribution in [0.5, 0.6) is 0 Å². The van der Waals surface area contributed by atoms with Gasteiger partial charge in [-0.05, 0) is 61.5 Å². The lowest BCUT2D eigenvalue weighted by Gasteiger charge is -2.06. The maximum atomic E-state index is 13.3. The summed E-state index contributed by atoms with van der Waals surface area (Å²) in [6.45, 7) is 1.95. The molecule has 1 aromatic heterocycles. The molecule has 0 fully saturated rings. The number of nitrogens with one attached hydrogen (secondary N) is 1. The Morgan fingerprint density at radius 1 is 0.931 bits per heavy atom. The van der Waals surface area contributed by atoms with Crippen molar-refractivity contribution in [3.05, 3.63) is 95.8 Å². The van der Waals surface area contributed by atoms with Gasteiger partial charge in [-0.25, -0.2) is 18.4 Å². The maximum absolute atomic E-state index is 13.3. The van der Waals surface area contributed by atoms with E-state index in [0.717, 1.165) is 11.1 Å². The van der Waals surface area contributed by atoms with E-state index in [1.165, 1.54) is 41.1 Å². The first kappa shape index (κ1) is 18.5. The number of amides is 1. The SMILES string of the molecule is Cc1cccc(-c2nc(C(=O)Nc3ccc(F)cc3)nn2-c2ccc(F)cc2)c1. The van der Waals surface area contributed by atoms with Gasteiger partial charge in [0, 0.05) is 11.3 Å². The number of rotatable bonds is 4. The Kier molecular flexibility index (Phi) is 4.87. The number of carbonyl (C=O) groups excluding carboxylic acids is 1. The van der Waals surface area contributed by atoms with Gasteiger partial charge < -0.3 is 5.32 Å². The summed E-state index contributed by atoms with van der Waals surface area (Å²) in [5, 5.41) is 6.97. The summed E-state index contributed by atoms with van der Waals surface area (Å²) in [6.07, 6.45) is 0. The van der Waals surface area contributed by atoms with Gasteiger partial charge >= 0.3 is 0 Å². The molecule has 7 heteroatoms. The highest BCUT2D eigenvalue weighted by Gasteiger charge is 2.19. The highest BCUT2D eigenvalue weighted by atomic mass is 19.1. The van der Waals surface area contributed by atoms with Crippen LogP contribution in [0, 0.1) is 18.6 Å². The van der Waals surface area contributed by atoms with Crippen LogP contribution in [0.4, 0.5) is 14.5 Å². The van der Waals surface area contributed by atoms with Crippen molar-refractivity contribution in [2.75, 3.05) is 5.32 Å². The number of hydrogen-bond donors (Lipinski definition) is 1. The van der Waals surface area contributed by atoms with Gasteiger partial charge in [-0.3, -0.25) is 4.79 Å². The van der Waals surface area contributed by atoms with Crippen molar-refractivity contribution in [2.45, 2.75) is 6.92 Å². The van der Waals surface area contributed by atoms with Gasteiger partial charge in [-0.2, -0.15) is 0 Å². The smallest absolute Gasteiger partial charge is 0.295 e. The van der Waals surface area contributed by atoms with Crippen LogP contribution >= 0.6 is 0 Å². The van der Waals surface area contributed by atoms with Gasteiger partial charge in [0.15, 0.2) is 5.82 Å². The summed E-state index contributed by atoms with van der Waals surface area (Å²) in [7, 11) is 0. The van der Waals surface area contributed by atoms with E-state index in [4.69, 9.17) is 0 Å². The van der Waals surface area contributed by atoms with Gasteiger partial charge in [-0.15, -0.1) is 5.10 Å². The van der Waals surface area contributed by atoms with Crippen molar-refractivity contribution >= 4 is 11.6 Å². The molecule has 1 N–H and O–H groups in total. The largest absolute Gasteiger partial charge is 0.319 e. The zero-order valence-electron chi connectivity index (χ0n) is 15.4. The Morgan fingerprint density at radius 3 is 2.24 bits per heavy atom. The molecule has 1 heterocycles. The number of aryl methyl sites for hydroxylation is 1. The summed E-state index contributed by atoms with van der Waals surface area (Å²) in [5.41, 5.74) is 2.78. The molecule has 4 aromatic rings. The fraction of sp³-hybridized carbons (Fsp3) is 0.0455. The highest BCUT2D eigenvalue weighted by Crippen LogP contribution is 2.23. The molecule has 0 aliphatic heterocycles. The normalized spacial score (nSPS) is 10.7. The van der Waals surface area contributed by atoms with Crippen LogP contribution in [0.2, 0.25) is 0 Å². The third kappa shape index (κ3) is 4.03. The lowest BCUT2D eigenvalue weighted by Crippen LogP contribution is -2.14. The summed E-state index contributed by atoms with van der Waals surface area (Å²) < 4.78 is 27.9. The van der Waals surface area contributed by atoms with Crippen LogP contribution in [0.3, 0.4) is 0 Å². The van der Waals surface area contributed by atoms with Gasteiger partial charge in [0.2, 0.25) is 5.82 Å². The van der Waals surface area contributed by atoms with Crippen molar-refractivity contribution in [2.24, 2.45) is 0 Å². The number of hydrogen-bond acceptors (Lipinski definition) is 3. The van der Waals surface area contributed by atoms with Crippen LogP contribution in [0.1, 0.15) is 16.2 Å². The molecule has 0 aliphatic rings. The quantitative estimate of drug-likeness (QED) is 0.546. The summed E-state index contributed by atoms with van der Waals surface area (Å²) in [5.74, 6) is -0.921. The molecule has 0 radical (unpaired) electrons.